The molecule has 0 amide bonds. The zero-order valence-electron chi connectivity index (χ0n) is 17.1. The molecule has 1 aliphatic rings. The van der Waals surface area contributed by atoms with Crippen molar-refractivity contribution in [1.82, 2.24) is 20.4 Å². The minimum Gasteiger partial charge on any atom is -0.489 e. The molecule has 0 aliphatic carbocycles. The van der Waals surface area contributed by atoms with Gasteiger partial charge in [-0.1, -0.05) is 18.2 Å². The first-order valence-electron chi connectivity index (χ1n) is 10.1. The van der Waals surface area contributed by atoms with E-state index in [4.69, 9.17) is 9.73 Å². The highest BCUT2D eigenvalue weighted by atomic mass is 16.5. The summed E-state index contributed by atoms with van der Waals surface area (Å²) in [5, 5.41) is 11.2. The van der Waals surface area contributed by atoms with Gasteiger partial charge in [-0.2, -0.15) is 5.10 Å². The molecule has 2 unspecified atom stereocenters. The van der Waals surface area contributed by atoms with Gasteiger partial charge in [0.1, 0.15) is 11.9 Å². The Labute approximate surface area is 167 Å². The van der Waals surface area contributed by atoms with E-state index in [1.807, 2.05) is 55.2 Å². The van der Waals surface area contributed by atoms with Crippen molar-refractivity contribution in [3.05, 3.63) is 42.7 Å². The molecule has 1 fully saturated rings. The van der Waals surface area contributed by atoms with Gasteiger partial charge < -0.3 is 20.3 Å². The van der Waals surface area contributed by atoms with Crippen LogP contribution in [0.4, 0.5) is 5.69 Å². The number of nitrogens with zero attached hydrogens (tertiary/aromatic N) is 4. The Morgan fingerprint density at radius 1 is 1.36 bits per heavy atom. The van der Waals surface area contributed by atoms with E-state index in [-0.39, 0.29) is 6.10 Å². The lowest BCUT2D eigenvalue weighted by Gasteiger charge is -2.34. The van der Waals surface area contributed by atoms with Gasteiger partial charge in [-0.3, -0.25) is 4.68 Å². The summed E-state index contributed by atoms with van der Waals surface area (Å²) in [5.41, 5.74) is 1.18. The summed E-state index contributed by atoms with van der Waals surface area (Å²) in [6.07, 6.45) is 6.31. The molecule has 2 N–H and O–H groups in total. The van der Waals surface area contributed by atoms with Crippen LogP contribution in [-0.4, -0.2) is 54.1 Å². The highest BCUT2D eigenvalue weighted by molar-refractivity contribution is 5.80. The normalized spacial score (nSPS) is 18.6. The molecule has 2 aromatic rings. The zero-order valence-corrected chi connectivity index (χ0v) is 17.1. The smallest absolute Gasteiger partial charge is 0.191 e. The van der Waals surface area contributed by atoms with Gasteiger partial charge in [-0.05, 0) is 38.8 Å². The van der Waals surface area contributed by atoms with Crippen LogP contribution in [0.1, 0.15) is 26.7 Å². The fourth-order valence-electron chi connectivity index (χ4n) is 3.40. The summed E-state index contributed by atoms with van der Waals surface area (Å²) in [4.78, 5) is 7.13. The van der Waals surface area contributed by atoms with Gasteiger partial charge in [0.15, 0.2) is 5.96 Å². The van der Waals surface area contributed by atoms with Gasteiger partial charge in [-0.25, -0.2) is 4.99 Å². The SMILES string of the molecule is CCNC(=NCC(C)Oc1ccccc1)NC1CCCN(c2cnn(C)c2)C1. The summed E-state index contributed by atoms with van der Waals surface area (Å²) < 4.78 is 7.78. The highest BCUT2D eigenvalue weighted by Crippen LogP contribution is 2.19. The van der Waals surface area contributed by atoms with Crippen LogP contribution in [0.25, 0.3) is 0 Å². The minimum atomic E-state index is 0.0103. The number of aliphatic imine (C=N–C) groups is 1. The van der Waals surface area contributed by atoms with Crippen LogP contribution in [0, 0.1) is 0 Å². The van der Waals surface area contributed by atoms with Gasteiger partial charge >= 0.3 is 0 Å². The number of ether oxygens (including phenoxy) is 1. The monoisotopic (exact) mass is 384 g/mol. The van der Waals surface area contributed by atoms with E-state index in [0.29, 0.717) is 12.6 Å². The Kier molecular flexibility index (Phi) is 7.17. The van der Waals surface area contributed by atoms with E-state index < -0.39 is 0 Å². The van der Waals surface area contributed by atoms with Gasteiger partial charge in [0.05, 0.1) is 18.4 Å². The molecular formula is C21H32N6O. The van der Waals surface area contributed by atoms with Crippen molar-refractivity contribution < 1.29 is 4.74 Å². The van der Waals surface area contributed by atoms with E-state index in [1.165, 1.54) is 5.69 Å². The average molecular weight is 385 g/mol. The van der Waals surface area contributed by atoms with Crippen LogP contribution in [0.5, 0.6) is 5.75 Å². The van der Waals surface area contributed by atoms with Crippen LogP contribution < -0.4 is 20.3 Å². The zero-order chi connectivity index (χ0) is 19.8. The topological polar surface area (TPSA) is 66.7 Å². The molecule has 152 valence electrons. The summed E-state index contributed by atoms with van der Waals surface area (Å²) in [5.74, 6) is 1.73. The highest BCUT2D eigenvalue weighted by Gasteiger charge is 2.21. The maximum atomic E-state index is 5.93. The number of hydrogen-bond donors (Lipinski definition) is 2. The first-order chi connectivity index (χ1) is 13.6. The van der Waals surface area contributed by atoms with Crippen molar-refractivity contribution in [2.24, 2.45) is 12.0 Å². The lowest BCUT2D eigenvalue weighted by Crippen LogP contribution is -2.51. The Bertz CT molecular complexity index is 744. The quantitative estimate of drug-likeness (QED) is 0.567. The second kappa shape index (κ2) is 10.0. The van der Waals surface area contributed by atoms with Gasteiger partial charge in [-0.15, -0.1) is 0 Å². The molecule has 3 rings (SSSR count). The summed E-state index contributed by atoms with van der Waals surface area (Å²) in [6, 6.07) is 10.2. The molecule has 7 nitrogen and oxygen atoms in total. The number of guanidine groups is 1. The van der Waals surface area contributed by atoms with Crippen molar-refractivity contribution in [1.29, 1.82) is 0 Å². The van der Waals surface area contributed by atoms with Gasteiger partial charge in [0.2, 0.25) is 0 Å². The van der Waals surface area contributed by atoms with E-state index in [9.17, 15) is 0 Å². The van der Waals surface area contributed by atoms with E-state index in [1.54, 1.807) is 0 Å². The van der Waals surface area contributed by atoms with Crippen molar-refractivity contribution in [2.75, 3.05) is 31.1 Å². The third-order valence-corrected chi connectivity index (χ3v) is 4.75. The largest absolute Gasteiger partial charge is 0.489 e. The number of aryl methyl sites for hydroxylation is 1. The lowest BCUT2D eigenvalue weighted by molar-refractivity contribution is 0.230. The molecule has 0 radical (unpaired) electrons. The lowest BCUT2D eigenvalue weighted by atomic mass is 10.1. The Balaban J connectivity index is 1.54. The number of hydrogen-bond acceptors (Lipinski definition) is 4. The predicted molar refractivity (Wildman–Crippen MR) is 114 cm³/mol. The Morgan fingerprint density at radius 2 is 2.18 bits per heavy atom. The molecule has 1 saturated heterocycles. The summed E-state index contributed by atoms with van der Waals surface area (Å²) in [7, 11) is 1.96. The number of rotatable bonds is 7. The first-order valence-corrected chi connectivity index (χ1v) is 10.1. The summed E-state index contributed by atoms with van der Waals surface area (Å²) >= 11 is 0. The average Bonchev–Trinajstić information content (AvgIpc) is 3.14. The molecule has 0 bridgehead atoms. The molecule has 2 heterocycles. The number of aromatic nitrogens is 2. The van der Waals surface area contributed by atoms with Crippen molar-refractivity contribution in [3.63, 3.8) is 0 Å². The van der Waals surface area contributed by atoms with Crippen molar-refractivity contribution >= 4 is 11.6 Å². The Hall–Kier alpha value is -2.70. The third kappa shape index (κ3) is 5.90. The molecule has 1 aromatic heterocycles. The predicted octanol–water partition coefficient (Wildman–Crippen LogP) is 2.41. The molecule has 28 heavy (non-hydrogen) atoms. The minimum absolute atomic E-state index is 0.0103. The molecule has 0 spiro atoms. The van der Waals surface area contributed by atoms with Crippen LogP contribution in [-0.2, 0) is 7.05 Å². The number of nitrogens with one attached hydrogen (secondary N) is 2. The number of benzene rings is 1. The molecule has 1 aliphatic heterocycles. The van der Waals surface area contributed by atoms with Crippen LogP contribution in [0.2, 0.25) is 0 Å². The fourth-order valence-corrected chi connectivity index (χ4v) is 3.40. The maximum Gasteiger partial charge on any atom is 0.191 e. The molecule has 1 aromatic carbocycles. The van der Waals surface area contributed by atoms with Gasteiger partial charge in [0, 0.05) is 38.9 Å². The molecule has 0 saturated carbocycles. The second-order valence-corrected chi connectivity index (χ2v) is 7.26. The molecule has 2 atom stereocenters. The number of anilines is 1. The van der Waals surface area contributed by atoms with Crippen molar-refractivity contribution in [3.8, 4) is 5.75 Å². The maximum absolute atomic E-state index is 5.93. The first kappa shape index (κ1) is 20.0. The standard InChI is InChI=1S/C21H32N6O/c1-4-22-21(23-13-17(2)28-20-10-6-5-7-11-20)25-18-9-8-12-27(15-18)19-14-24-26(3)16-19/h5-7,10-11,14,16-18H,4,8-9,12-13,15H2,1-3H3,(H2,22,23,25). The Morgan fingerprint density at radius 3 is 2.89 bits per heavy atom. The van der Waals surface area contributed by atoms with Crippen molar-refractivity contribution in [2.45, 2.75) is 38.8 Å². The van der Waals surface area contributed by atoms with Gasteiger partial charge in [0.25, 0.3) is 0 Å². The van der Waals surface area contributed by atoms with E-state index >= 15 is 0 Å². The molecular weight excluding hydrogens is 352 g/mol. The van der Waals surface area contributed by atoms with Crippen LogP contribution in [0.15, 0.2) is 47.7 Å². The van der Waals surface area contributed by atoms with E-state index in [2.05, 4.69) is 33.8 Å². The van der Waals surface area contributed by atoms with Crippen LogP contribution in [0.3, 0.4) is 0 Å². The molecule has 7 heteroatoms. The second-order valence-electron chi connectivity index (χ2n) is 7.26. The third-order valence-electron chi connectivity index (χ3n) is 4.75. The number of piperidine rings is 1. The van der Waals surface area contributed by atoms with E-state index in [0.717, 1.165) is 44.2 Å². The number of para-hydroxylation sites is 1. The fraction of sp³-hybridized carbons (Fsp3) is 0.524. The van der Waals surface area contributed by atoms with Crippen LogP contribution >= 0.6 is 0 Å². The summed E-state index contributed by atoms with van der Waals surface area (Å²) in [6.45, 7) is 7.59.